The fourth-order valence-electron chi connectivity index (χ4n) is 1.73. The summed E-state index contributed by atoms with van der Waals surface area (Å²) < 4.78 is 0. The first-order valence-corrected chi connectivity index (χ1v) is 6.83. The minimum Gasteiger partial charge on any atom is -0.392 e. The molecule has 2 aromatic rings. The van der Waals surface area contributed by atoms with Crippen molar-refractivity contribution >= 4 is 21.6 Å². The number of aryl methyl sites for hydroxylation is 1. The van der Waals surface area contributed by atoms with Crippen molar-refractivity contribution in [3.8, 4) is 0 Å². The molecule has 2 rings (SSSR count). The largest absolute Gasteiger partial charge is 0.392 e. The second-order valence-corrected chi connectivity index (χ2v) is 5.74. The van der Waals surface area contributed by atoms with Crippen LogP contribution in [0.3, 0.4) is 0 Å². The number of nitrogens with zero attached hydrogens (tertiary/aromatic N) is 2. The third kappa shape index (κ3) is 2.64. The van der Waals surface area contributed by atoms with Crippen LogP contribution in [0.15, 0.2) is 12.4 Å². The highest BCUT2D eigenvalue weighted by molar-refractivity contribution is 7.18. The highest BCUT2D eigenvalue weighted by atomic mass is 32.1. The van der Waals surface area contributed by atoms with E-state index in [0.717, 1.165) is 22.3 Å². The Balaban J connectivity index is 2.36. The zero-order valence-corrected chi connectivity index (χ0v) is 11.3. The van der Waals surface area contributed by atoms with Crippen LogP contribution in [0.5, 0.6) is 0 Å². The van der Waals surface area contributed by atoms with E-state index in [1.54, 1.807) is 17.7 Å². The van der Waals surface area contributed by atoms with E-state index < -0.39 is 0 Å². The summed E-state index contributed by atoms with van der Waals surface area (Å²) in [6.45, 7) is 6.18. The maximum absolute atomic E-state index is 9.95. The van der Waals surface area contributed by atoms with Gasteiger partial charge in [-0.15, -0.1) is 11.3 Å². The lowest BCUT2D eigenvalue weighted by Crippen LogP contribution is -2.18. The average molecular weight is 250 g/mol. The van der Waals surface area contributed by atoms with Gasteiger partial charge in [0.05, 0.1) is 11.8 Å². The Kier molecular flexibility index (Phi) is 3.74. The monoisotopic (exact) mass is 250 g/mol. The molecule has 0 aliphatic rings. The predicted molar refractivity (Wildman–Crippen MR) is 71.3 cm³/mol. The summed E-state index contributed by atoms with van der Waals surface area (Å²) in [4.78, 5) is 11.0. The fraction of sp³-hybridized carbons (Fsp3) is 0.538. The zero-order chi connectivity index (χ0) is 12.4. The second-order valence-electron chi connectivity index (χ2n) is 4.62. The maximum atomic E-state index is 9.95. The number of fused-ring (bicyclic) bond motifs is 1. The van der Waals surface area contributed by atoms with E-state index in [1.807, 2.05) is 13.8 Å². The Bertz CT molecular complexity index is 507. The van der Waals surface area contributed by atoms with Gasteiger partial charge >= 0.3 is 0 Å². The first-order chi connectivity index (χ1) is 8.11. The summed E-state index contributed by atoms with van der Waals surface area (Å²) in [5.41, 5.74) is 0.965. The molecule has 1 atom stereocenters. The zero-order valence-electron chi connectivity index (χ0n) is 10.5. The quantitative estimate of drug-likeness (QED) is 0.907. The fourth-order valence-corrected chi connectivity index (χ4v) is 2.68. The first kappa shape index (κ1) is 12.5. The summed E-state index contributed by atoms with van der Waals surface area (Å²) in [5.74, 6) is 0.254. The molecule has 0 radical (unpaired) electrons. The van der Waals surface area contributed by atoms with E-state index in [1.165, 1.54) is 4.88 Å². The van der Waals surface area contributed by atoms with Gasteiger partial charge in [-0.1, -0.05) is 20.8 Å². The van der Waals surface area contributed by atoms with Gasteiger partial charge in [0.2, 0.25) is 0 Å². The molecule has 3 nitrogen and oxygen atoms in total. The van der Waals surface area contributed by atoms with Gasteiger partial charge in [0.15, 0.2) is 0 Å². The van der Waals surface area contributed by atoms with Crippen molar-refractivity contribution in [3.05, 3.63) is 23.0 Å². The SMILES string of the molecule is CCc1cc2c(CC(O)C(C)C)ncnc2s1. The molecule has 2 heterocycles. The van der Waals surface area contributed by atoms with Crippen LogP contribution < -0.4 is 0 Å². The predicted octanol–water partition coefficient (Wildman–Crippen LogP) is 2.81. The van der Waals surface area contributed by atoms with E-state index in [-0.39, 0.29) is 12.0 Å². The topological polar surface area (TPSA) is 46.0 Å². The van der Waals surface area contributed by atoms with E-state index in [4.69, 9.17) is 0 Å². The van der Waals surface area contributed by atoms with Gasteiger partial charge in [0.25, 0.3) is 0 Å². The van der Waals surface area contributed by atoms with E-state index >= 15 is 0 Å². The van der Waals surface area contributed by atoms with Crippen LogP contribution in [0.1, 0.15) is 31.3 Å². The standard InChI is InChI=1S/C13H18N2OS/c1-4-9-5-10-11(6-12(16)8(2)3)14-7-15-13(10)17-9/h5,7-8,12,16H,4,6H2,1-3H3. The number of hydrogen-bond acceptors (Lipinski definition) is 4. The second kappa shape index (κ2) is 5.10. The van der Waals surface area contributed by atoms with Gasteiger partial charge in [0, 0.05) is 16.7 Å². The van der Waals surface area contributed by atoms with Gasteiger partial charge in [0.1, 0.15) is 11.2 Å². The molecule has 0 fully saturated rings. The molecule has 92 valence electrons. The minimum atomic E-state index is -0.335. The Labute approximate surface area is 106 Å². The maximum Gasteiger partial charge on any atom is 0.127 e. The van der Waals surface area contributed by atoms with Crippen molar-refractivity contribution in [2.24, 2.45) is 5.92 Å². The molecule has 0 amide bonds. The van der Waals surface area contributed by atoms with Gasteiger partial charge in [-0.25, -0.2) is 9.97 Å². The smallest absolute Gasteiger partial charge is 0.127 e. The van der Waals surface area contributed by atoms with Gasteiger partial charge in [-0.2, -0.15) is 0 Å². The van der Waals surface area contributed by atoms with Gasteiger partial charge in [-0.05, 0) is 18.4 Å². The first-order valence-electron chi connectivity index (χ1n) is 6.02. The molecule has 17 heavy (non-hydrogen) atoms. The van der Waals surface area contributed by atoms with Gasteiger partial charge < -0.3 is 5.11 Å². The summed E-state index contributed by atoms with van der Waals surface area (Å²) in [6, 6.07) is 2.16. The van der Waals surface area contributed by atoms with Crippen molar-refractivity contribution in [1.29, 1.82) is 0 Å². The molecular weight excluding hydrogens is 232 g/mol. The molecule has 0 aliphatic heterocycles. The minimum absolute atomic E-state index is 0.254. The molecule has 0 aliphatic carbocycles. The van der Waals surface area contributed by atoms with Crippen molar-refractivity contribution in [2.45, 2.75) is 39.7 Å². The molecule has 0 saturated heterocycles. The molecule has 2 aromatic heterocycles. The van der Waals surface area contributed by atoms with E-state index in [9.17, 15) is 5.11 Å². The van der Waals surface area contributed by atoms with Crippen molar-refractivity contribution in [1.82, 2.24) is 9.97 Å². The summed E-state index contributed by atoms with van der Waals surface area (Å²) in [6.07, 6.45) is 2.89. The molecule has 0 aromatic carbocycles. The number of aliphatic hydroxyl groups is 1. The Hall–Kier alpha value is -1.00. The molecule has 4 heteroatoms. The molecule has 0 saturated carbocycles. The summed E-state index contributed by atoms with van der Waals surface area (Å²) >= 11 is 1.71. The number of aromatic nitrogens is 2. The number of hydrogen-bond donors (Lipinski definition) is 1. The Morgan fingerprint density at radius 2 is 2.12 bits per heavy atom. The Morgan fingerprint density at radius 1 is 1.35 bits per heavy atom. The molecule has 0 spiro atoms. The van der Waals surface area contributed by atoms with Crippen LogP contribution in [0.25, 0.3) is 10.2 Å². The van der Waals surface area contributed by atoms with Crippen LogP contribution in [0, 0.1) is 5.92 Å². The number of rotatable bonds is 4. The van der Waals surface area contributed by atoms with Crippen LogP contribution in [-0.4, -0.2) is 21.2 Å². The van der Waals surface area contributed by atoms with Crippen LogP contribution in [0.2, 0.25) is 0 Å². The molecule has 0 bridgehead atoms. The average Bonchev–Trinajstić information content (AvgIpc) is 2.72. The van der Waals surface area contributed by atoms with Crippen LogP contribution >= 0.6 is 11.3 Å². The van der Waals surface area contributed by atoms with E-state index in [0.29, 0.717) is 6.42 Å². The van der Waals surface area contributed by atoms with Crippen LogP contribution in [-0.2, 0) is 12.8 Å². The molecule has 1 N–H and O–H groups in total. The van der Waals surface area contributed by atoms with Gasteiger partial charge in [-0.3, -0.25) is 0 Å². The van der Waals surface area contributed by atoms with Crippen molar-refractivity contribution in [3.63, 3.8) is 0 Å². The van der Waals surface area contributed by atoms with E-state index in [2.05, 4.69) is 23.0 Å². The van der Waals surface area contributed by atoms with Crippen molar-refractivity contribution < 1.29 is 5.11 Å². The third-order valence-electron chi connectivity index (χ3n) is 2.98. The summed E-state index contributed by atoms with van der Waals surface area (Å²) in [5, 5.41) is 11.1. The normalized spacial score (nSPS) is 13.5. The lowest BCUT2D eigenvalue weighted by molar-refractivity contribution is 0.125. The van der Waals surface area contributed by atoms with Crippen LogP contribution in [0.4, 0.5) is 0 Å². The number of aliphatic hydroxyl groups excluding tert-OH is 1. The molecule has 1 unspecified atom stereocenters. The molecular formula is C13H18N2OS. The third-order valence-corrected chi connectivity index (χ3v) is 4.17. The number of thiophene rings is 1. The lowest BCUT2D eigenvalue weighted by Gasteiger charge is -2.13. The van der Waals surface area contributed by atoms with Crippen molar-refractivity contribution in [2.75, 3.05) is 0 Å². The highest BCUT2D eigenvalue weighted by Crippen LogP contribution is 2.26. The summed E-state index contributed by atoms with van der Waals surface area (Å²) in [7, 11) is 0. The lowest BCUT2D eigenvalue weighted by atomic mass is 10.0. The Morgan fingerprint density at radius 3 is 2.76 bits per heavy atom. The highest BCUT2D eigenvalue weighted by Gasteiger charge is 2.14.